The van der Waals surface area contributed by atoms with Gasteiger partial charge in [0.05, 0.1) is 0 Å². The summed E-state index contributed by atoms with van der Waals surface area (Å²) in [5.41, 5.74) is 2.01. The van der Waals surface area contributed by atoms with E-state index in [9.17, 15) is 4.79 Å². The van der Waals surface area contributed by atoms with Gasteiger partial charge in [-0.1, -0.05) is 27.7 Å². The molecule has 2 unspecified atom stereocenters. The number of carbonyl (C=O) groups is 1. The predicted molar refractivity (Wildman–Crippen MR) is 89.5 cm³/mol. The Labute approximate surface area is 128 Å². The van der Waals surface area contributed by atoms with E-state index in [4.69, 9.17) is 0 Å². The van der Waals surface area contributed by atoms with E-state index in [1.807, 2.05) is 26.0 Å². The van der Waals surface area contributed by atoms with Crippen LogP contribution in [0.5, 0.6) is 0 Å². The van der Waals surface area contributed by atoms with Crippen molar-refractivity contribution in [2.75, 3.05) is 10.6 Å². The van der Waals surface area contributed by atoms with Crippen molar-refractivity contribution < 1.29 is 4.79 Å². The predicted octanol–water partition coefficient (Wildman–Crippen LogP) is 4.52. The maximum absolute atomic E-state index is 11.7. The summed E-state index contributed by atoms with van der Waals surface area (Å²) in [6, 6.07) is 8.62. The van der Waals surface area contributed by atoms with Crippen LogP contribution in [0.25, 0.3) is 0 Å². The van der Waals surface area contributed by atoms with E-state index in [0.29, 0.717) is 6.04 Å². The van der Waals surface area contributed by atoms with Gasteiger partial charge in [0.25, 0.3) is 0 Å². The molecule has 116 valence electrons. The van der Waals surface area contributed by atoms with Crippen LogP contribution in [0.3, 0.4) is 0 Å². The van der Waals surface area contributed by atoms with Crippen molar-refractivity contribution >= 4 is 17.3 Å². The van der Waals surface area contributed by atoms with Crippen molar-refractivity contribution in [1.82, 2.24) is 0 Å². The van der Waals surface area contributed by atoms with Gasteiger partial charge < -0.3 is 10.6 Å². The Balaban J connectivity index is 1.91. The molecule has 0 radical (unpaired) electrons. The van der Waals surface area contributed by atoms with Crippen molar-refractivity contribution in [3.05, 3.63) is 24.3 Å². The van der Waals surface area contributed by atoms with E-state index in [1.165, 1.54) is 19.3 Å². The molecule has 0 spiro atoms. The van der Waals surface area contributed by atoms with E-state index >= 15 is 0 Å². The highest BCUT2D eigenvalue weighted by Gasteiger charge is 2.23. The van der Waals surface area contributed by atoms with Crippen molar-refractivity contribution in [3.63, 3.8) is 0 Å². The van der Waals surface area contributed by atoms with Crippen LogP contribution in [0.4, 0.5) is 11.4 Å². The fraction of sp³-hybridized carbons (Fsp3) is 0.611. The highest BCUT2D eigenvalue weighted by atomic mass is 16.1. The molecule has 1 amide bonds. The number of hydrogen-bond acceptors (Lipinski definition) is 2. The van der Waals surface area contributed by atoms with Gasteiger partial charge in [0, 0.05) is 23.3 Å². The third-order valence-corrected chi connectivity index (χ3v) is 4.23. The van der Waals surface area contributed by atoms with E-state index in [2.05, 4.69) is 36.6 Å². The summed E-state index contributed by atoms with van der Waals surface area (Å²) in [7, 11) is 0. The molecule has 1 aromatic carbocycles. The second-order valence-corrected chi connectivity index (χ2v) is 6.98. The molecule has 21 heavy (non-hydrogen) atoms. The average molecular weight is 288 g/mol. The van der Waals surface area contributed by atoms with Crippen molar-refractivity contribution in [1.29, 1.82) is 0 Å². The van der Waals surface area contributed by atoms with E-state index in [0.717, 1.165) is 23.2 Å². The summed E-state index contributed by atoms with van der Waals surface area (Å²) in [5.74, 6) is 1.67. The topological polar surface area (TPSA) is 41.1 Å². The molecule has 0 heterocycles. The minimum Gasteiger partial charge on any atom is -0.382 e. The minimum absolute atomic E-state index is 0.00742. The number of anilines is 2. The van der Waals surface area contributed by atoms with Gasteiger partial charge in [0.2, 0.25) is 5.91 Å². The van der Waals surface area contributed by atoms with Crippen LogP contribution >= 0.6 is 0 Å². The fourth-order valence-electron chi connectivity index (χ4n) is 3.24. The van der Waals surface area contributed by atoms with Gasteiger partial charge in [0.1, 0.15) is 0 Å². The van der Waals surface area contributed by atoms with E-state index in [1.54, 1.807) is 0 Å². The molecular formula is C18H28N2O. The van der Waals surface area contributed by atoms with Crippen molar-refractivity contribution in [2.24, 2.45) is 17.8 Å². The van der Waals surface area contributed by atoms with E-state index < -0.39 is 0 Å². The molecule has 0 aromatic heterocycles. The molecule has 1 aromatic rings. The molecule has 0 bridgehead atoms. The van der Waals surface area contributed by atoms with Crippen LogP contribution in [-0.2, 0) is 4.79 Å². The first-order chi connectivity index (χ1) is 9.94. The summed E-state index contributed by atoms with van der Waals surface area (Å²) in [4.78, 5) is 11.7. The first-order valence-electron chi connectivity index (χ1n) is 8.11. The number of rotatable bonds is 4. The summed E-state index contributed by atoms with van der Waals surface area (Å²) < 4.78 is 0. The zero-order valence-corrected chi connectivity index (χ0v) is 13.6. The van der Waals surface area contributed by atoms with Gasteiger partial charge in [-0.15, -0.1) is 0 Å². The number of carbonyl (C=O) groups excluding carboxylic acids is 1. The number of benzene rings is 1. The largest absolute Gasteiger partial charge is 0.382 e. The number of nitrogens with one attached hydrogen (secondary N) is 2. The fourth-order valence-corrected chi connectivity index (χ4v) is 3.24. The van der Waals surface area contributed by atoms with Crippen LogP contribution in [0.15, 0.2) is 24.3 Å². The highest BCUT2D eigenvalue weighted by Crippen LogP contribution is 2.30. The Bertz CT molecular complexity index is 457. The van der Waals surface area contributed by atoms with Gasteiger partial charge in [-0.2, -0.15) is 0 Å². The molecule has 0 saturated heterocycles. The van der Waals surface area contributed by atoms with Crippen LogP contribution < -0.4 is 10.6 Å². The quantitative estimate of drug-likeness (QED) is 0.855. The smallest absolute Gasteiger partial charge is 0.226 e. The average Bonchev–Trinajstić information content (AvgIpc) is 2.39. The molecule has 1 aliphatic rings. The lowest BCUT2D eigenvalue weighted by atomic mass is 9.80. The molecular weight excluding hydrogens is 260 g/mol. The molecule has 3 heteroatoms. The third kappa shape index (κ3) is 4.76. The summed E-state index contributed by atoms with van der Waals surface area (Å²) in [6.45, 7) is 8.48. The van der Waals surface area contributed by atoms with Crippen molar-refractivity contribution in [2.45, 2.75) is 53.0 Å². The number of amides is 1. The highest BCUT2D eigenvalue weighted by molar-refractivity contribution is 5.92. The van der Waals surface area contributed by atoms with Gasteiger partial charge in [-0.05, 0) is 55.4 Å². The molecule has 0 aliphatic heterocycles. The Kier molecular flexibility index (Phi) is 5.27. The Morgan fingerprint density at radius 3 is 2.05 bits per heavy atom. The molecule has 2 rings (SSSR count). The lowest BCUT2D eigenvalue weighted by Crippen LogP contribution is -2.30. The Morgan fingerprint density at radius 1 is 1.00 bits per heavy atom. The molecule has 1 saturated carbocycles. The zero-order chi connectivity index (χ0) is 15.4. The first kappa shape index (κ1) is 15.9. The Morgan fingerprint density at radius 2 is 1.52 bits per heavy atom. The van der Waals surface area contributed by atoms with Crippen LogP contribution in [0, 0.1) is 17.8 Å². The SMILES string of the molecule is CC1CC(C)CC(Nc2ccc(NC(=O)C(C)C)cc2)C1. The maximum atomic E-state index is 11.7. The zero-order valence-electron chi connectivity index (χ0n) is 13.6. The first-order valence-corrected chi connectivity index (χ1v) is 8.11. The van der Waals surface area contributed by atoms with Crippen LogP contribution in [0.1, 0.15) is 47.0 Å². The van der Waals surface area contributed by atoms with Gasteiger partial charge in [-0.3, -0.25) is 4.79 Å². The lowest BCUT2D eigenvalue weighted by molar-refractivity contribution is -0.118. The number of hydrogen-bond donors (Lipinski definition) is 2. The van der Waals surface area contributed by atoms with E-state index in [-0.39, 0.29) is 11.8 Å². The molecule has 3 nitrogen and oxygen atoms in total. The van der Waals surface area contributed by atoms with Crippen molar-refractivity contribution in [3.8, 4) is 0 Å². The second kappa shape index (κ2) is 6.97. The second-order valence-electron chi connectivity index (χ2n) is 6.98. The van der Waals surface area contributed by atoms with Crippen LogP contribution in [0.2, 0.25) is 0 Å². The summed E-state index contributed by atoms with van der Waals surface area (Å²) in [5, 5.41) is 6.55. The van der Waals surface area contributed by atoms with Gasteiger partial charge in [0.15, 0.2) is 0 Å². The minimum atomic E-state index is 0.00742. The summed E-state index contributed by atoms with van der Waals surface area (Å²) >= 11 is 0. The molecule has 1 fully saturated rings. The van der Waals surface area contributed by atoms with Gasteiger partial charge in [-0.25, -0.2) is 0 Å². The molecule has 2 atom stereocenters. The monoisotopic (exact) mass is 288 g/mol. The standard InChI is InChI=1S/C18H28N2O/c1-12(2)18(21)20-16-7-5-15(6-8-16)19-17-10-13(3)9-14(4)11-17/h5-8,12-14,17,19H,9-11H2,1-4H3,(H,20,21). The van der Waals surface area contributed by atoms with Gasteiger partial charge >= 0.3 is 0 Å². The lowest BCUT2D eigenvalue weighted by Gasteiger charge is -2.32. The molecule has 1 aliphatic carbocycles. The molecule has 2 N–H and O–H groups in total. The Hall–Kier alpha value is -1.51. The summed E-state index contributed by atoms with van der Waals surface area (Å²) in [6.07, 6.45) is 3.84. The maximum Gasteiger partial charge on any atom is 0.226 e. The van der Waals surface area contributed by atoms with Crippen LogP contribution in [-0.4, -0.2) is 11.9 Å². The third-order valence-electron chi connectivity index (χ3n) is 4.23. The normalized spacial score (nSPS) is 25.7.